The van der Waals surface area contributed by atoms with Gasteiger partial charge in [-0.15, -0.1) is 0 Å². The van der Waals surface area contributed by atoms with Gasteiger partial charge in [-0.05, 0) is 18.6 Å². The molecule has 0 radical (unpaired) electrons. The maximum atomic E-state index is 11.9. The van der Waals surface area contributed by atoms with Gasteiger partial charge in [-0.1, -0.05) is 18.2 Å². The molecule has 0 aliphatic rings. The van der Waals surface area contributed by atoms with Gasteiger partial charge in [0.25, 0.3) is 5.91 Å². The zero-order chi connectivity index (χ0) is 12.6. The van der Waals surface area contributed by atoms with E-state index in [0.29, 0.717) is 11.1 Å². The molecule has 0 aliphatic carbocycles. The van der Waals surface area contributed by atoms with Crippen LogP contribution in [-0.4, -0.2) is 24.9 Å². The summed E-state index contributed by atoms with van der Waals surface area (Å²) in [4.78, 5) is 25.1. The molecule has 0 saturated carbocycles. The lowest BCUT2D eigenvalue weighted by Crippen LogP contribution is -2.28. The highest BCUT2D eigenvalue weighted by Crippen LogP contribution is 2.19. The molecule has 1 heterocycles. The number of carbonyl (C=O) groups is 1. The summed E-state index contributed by atoms with van der Waals surface area (Å²) in [5, 5.41) is 0.789. The van der Waals surface area contributed by atoms with Gasteiger partial charge in [0.15, 0.2) is 0 Å². The van der Waals surface area contributed by atoms with Crippen LogP contribution >= 0.6 is 0 Å². The first-order valence-electron chi connectivity index (χ1n) is 5.26. The molecule has 0 aliphatic heterocycles. The SMILES string of the molecule is Cc1c(C(=O)N(C)C)c(=O)oc2ccccc12. The van der Waals surface area contributed by atoms with E-state index < -0.39 is 5.63 Å². The van der Waals surface area contributed by atoms with Crippen molar-refractivity contribution in [1.82, 2.24) is 4.90 Å². The quantitative estimate of drug-likeness (QED) is 0.703. The van der Waals surface area contributed by atoms with Crippen LogP contribution in [0.1, 0.15) is 15.9 Å². The number of benzene rings is 1. The first kappa shape index (κ1) is 11.4. The van der Waals surface area contributed by atoms with Gasteiger partial charge in [0.05, 0.1) is 0 Å². The Hall–Kier alpha value is -2.10. The number of aryl methyl sites for hydroxylation is 1. The topological polar surface area (TPSA) is 50.5 Å². The molecule has 0 atom stereocenters. The number of hydrogen-bond acceptors (Lipinski definition) is 3. The van der Waals surface area contributed by atoms with Gasteiger partial charge in [0.2, 0.25) is 0 Å². The van der Waals surface area contributed by atoms with Crippen molar-refractivity contribution in [2.75, 3.05) is 14.1 Å². The van der Waals surface area contributed by atoms with Crippen LogP contribution in [0.4, 0.5) is 0 Å². The Morgan fingerprint density at radius 1 is 1.24 bits per heavy atom. The second-order valence-electron chi connectivity index (χ2n) is 4.09. The molecule has 1 aromatic carbocycles. The normalized spacial score (nSPS) is 10.5. The predicted octanol–water partition coefficient (Wildman–Crippen LogP) is 1.80. The third kappa shape index (κ3) is 1.82. The molecule has 88 valence electrons. The standard InChI is InChI=1S/C13H13NO3/c1-8-9-6-4-5-7-10(9)17-13(16)11(8)12(15)14(2)3/h4-7H,1-3H3. The van der Waals surface area contributed by atoms with E-state index in [1.165, 1.54) is 4.90 Å². The number of carbonyl (C=O) groups excluding carboxylic acids is 1. The van der Waals surface area contributed by atoms with Crippen LogP contribution in [0, 0.1) is 6.92 Å². The fraction of sp³-hybridized carbons (Fsp3) is 0.231. The summed E-state index contributed by atoms with van der Waals surface area (Å²) < 4.78 is 5.14. The second-order valence-corrected chi connectivity index (χ2v) is 4.09. The molecule has 0 unspecified atom stereocenters. The lowest BCUT2D eigenvalue weighted by Gasteiger charge is -2.12. The molecule has 1 aromatic heterocycles. The predicted molar refractivity (Wildman–Crippen MR) is 65.2 cm³/mol. The van der Waals surface area contributed by atoms with Crippen LogP contribution in [0.3, 0.4) is 0 Å². The summed E-state index contributed by atoms with van der Waals surface area (Å²) in [6, 6.07) is 7.19. The number of para-hydroxylation sites is 1. The molecule has 0 fully saturated rings. The Kier molecular flexibility index (Phi) is 2.71. The summed E-state index contributed by atoms with van der Waals surface area (Å²) in [6.45, 7) is 1.76. The van der Waals surface area contributed by atoms with E-state index in [-0.39, 0.29) is 11.5 Å². The van der Waals surface area contributed by atoms with Crippen LogP contribution in [0.25, 0.3) is 11.0 Å². The highest BCUT2D eigenvalue weighted by molar-refractivity contribution is 5.98. The van der Waals surface area contributed by atoms with Crippen molar-refractivity contribution in [3.05, 3.63) is 45.8 Å². The summed E-state index contributed by atoms with van der Waals surface area (Å²) >= 11 is 0. The minimum Gasteiger partial charge on any atom is -0.422 e. The fourth-order valence-corrected chi connectivity index (χ4v) is 1.78. The molecule has 4 heteroatoms. The van der Waals surface area contributed by atoms with Crippen molar-refractivity contribution in [2.24, 2.45) is 0 Å². The summed E-state index contributed by atoms with van der Waals surface area (Å²) in [6.07, 6.45) is 0. The Morgan fingerprint density at radius 2 is 1.88 bits per heavy atom. The monoisotopic (exact) mass is 231 g/mol. The van der Waals surface area contributed by atoms with E-state index in [2.05, 4.69) is 0 Å². The average molecular weight is 231 g/mol. The second kappa shape index (κ2) is 4.05. The Bertz CT molecular complexity index is 641. The van der Waals surface area contributed by atoms with Gasteiger partial charge in [-0.25, -0.2) is 4.79 Å². The maximum absolute atomic E-state index is 11.9. The van der Waals surface area contributed by atoms with Crippen molar-refractivity contribution in [3.8, 4) is 0 Å². The van der Waals surface area contributed by atoms with Crippen LogP contribution in [0.5, 0.6) is 0 Å². The molecule has 4 nitrogen and oxygen atoms in total. The molecule has 0 N–H and O–H groups in total. The van der Waals surface area contributed by atoms with Crippen molar-refractivity contribution >= 4 is 16.9 Å². The minimum absolute atomic E-state index is 0.105. The van der Waals surface area contributed by atoms with E-state index >= 15 is 0 Å². The van der Waals surface area contributed by atoms with Crippen molar-refractivity contribution in [3.63, 3.8) is 0 Å². The zero-order valence-electron chi connectivity index (χ0n) is 9.98. The third-order valence-corrected chi connectivity index (χ3v) is 2.69. The van der Waals surface area contributed by atoms with E-state index in [1.807, 2.05) is 12.1 Å². The first-order valence-corrected chi connectivity index (χ1v) is 5.26. The molecule has 17 heavy (non-hydrogen) atoms. The lowest BCUT2D eigenvalue weighted by atomic mass is 10.1. The Labute approximate surface area is 98.5 Å². The zero-order valence-corrected chi connectivity index (χ0v) is 9.98. The number of rotatable bonds is 1. The van der Waals surface area contributed by atoms with Crippen LogP contribution in [0.15, 0.2) is 33.5 Å². The molecule has 1 amide bonds. The highest BCUT2D eigenvalue weighted by atomic mass is 16.4. The average Bonchev–Trinajstić information content (AvgIpc) is 2.28. The number of amides is 1. The van der Waals surface area contributed by atoms with Gasteiger partial charge >= 0.3 is 5.63 Å². The minimum atomic E-state index is -0.583. The Balaban J connectivity index is 2.81. The van der Waals surface area contributed by atoms with Crippen molar-refractivity contribution in [1.29, 1.82) is 0 Å². The van der Waals surface area contributed by atoms with Gasteiger partial charge in [0.1, 0.15) is 11.1 Å². The van der Waals surface area contributed by atoms with Gasteiger partial charge in [-0.2, -0.15) is 0 Å². The molecule has 0 saturated heterocycles. The summed E-state index contributed by atoms with van der Waals surface area (Å²) in [5.74, 6) is -0.331. The molecule has 2 aromatic rings. The van der Waals surface area contributed by atoms with E-state index in [1.54, 1.807) is 33.2 Å². The molecule has 0 spiro atoms. The van der Waals surface area contributed by atoms with Gasteiger partial charge in [-0.3, -0.25) is 4.79 Å². The molecule has 0 bridgehead atoms. The van der Waals surface area contributed by atoms with E-state index in [0.717, 1.165) is 5.39 Å². The molecule has 2 rings (SSSR count). The molecular formula is C13H13NO3. The maximum Gasteiger partial charge on any atom is 0.349 e. The first-order chi connectivity index (χ1) is 8.02. The number of hydrogen-bond donors (Lipinski definition) is 0. The Morgan fingerprint density at radius 3 is 2.53 bits per heavy atom. The molecular weight excluding hydrogens is 218 g/mol. The van der Waals surface area contributed by atoms with E-state index in [4.69, 9.17) is 4.42 Å². The van der Waals surface area contributed by atoms with Crippen LogP contribution in [0.2, 0.25) is 0 Å². The van der Waals surface area contributed by atoms with Gasteiger partial charge in [0, 0.05) is 19.5 Å². The van der Waals surface area contributed by atoms with Crippen LogP contribution in [-0.2, 0) is 0 Å². The van der Waals surface area contributed by atoms with Crippen molar-refractivity contribution in [2.45, 2.75) is 6.92 Å². The van der Waals surface area contributed by atoms with Crippen molar-refractivity contribution < 1.29 is 9.21 Å². The highest BCUT2D eigenvalue weighted by Gasteiger charge is 2.19. The number of nitrogens with zero attached hydrogens (tertiary/aromatic N) is 1. The smallest absolute Gasteiger partial charge is 0.349 e. The van der Waals surface area contributed by atoms with E-state index in [9.17, 15) is 9.59 Å². The van der Waals surface area contributed by atoms with Gasteiger partial charge < -0.3 is 9.32 Å². The third-order valence-electron chi connectivity index (χ3n) is 2.69. The lowest BCUT2D eigenvalue weighted by molar-refractivity contribution is 0.0823. The largest absolute Gasteiger partial charge is 0.422 e. The number of fused-ring (bicyclic) bond motifs is 1. The summed E-state index contributed by atoms with van der Waals surface area (Å²) in [7, 11) is 3.22. The van der Waals surface area contributed by atoms with Crippen LogP contribution < -0.4 is 5.63 Å². The summed E-state index contributed by atoms with van der Waals surface area (Å²) in [5.41, 5.74) is 0.689. The fourth-order valence-electron chi connectivity index (χ4n) is 1.78.